The first-order valence-corrected chi connectivity index (χ1v) is 4.56. The van der Waals surface area contributed by atoms with Crippen molar-refractivity contribution < 1.29 is 9.90 Å². The van der Waals surface area contributed by atoms with Crippen LogP contribution in [0.15, 0.2) is 24.3 Å². The van der Waals surface area contributed by atoms with Gasteiger partial charge in [-0.15, -0.1) is 0 Å². The predicted octanol–water partition coefficient (Wildman–Crippen LogP) is 1.68. The molecule has 4 heteroatoms. The Bertz CT molecular complexity index is 350. The van der Waals surface area contributed by atoms with Crippen LogP contribution in [0, 0.1) is 0 Å². The quantitative estimate of drug-likeness (QED) is 0.803. The standard InChI is InChI=1S/C10H12ClNO2/c1-10(12,9(13)14)6-7-3-2-4-8(11)5-7/h2-5H,6,12H2,1H3,(H,13,14)/t10-/m1/s1. The molecule has 0 saturated carbocycles. The van der Waals surface area contributed by atoms with Gasteiger partial charge in [-0.05, 0) is 24.6 Å². The summed E-state index contributed by atoms with van der Waals surface area (Å²) in [6, 6.07) is 7.03. The summed E-state index contributed by atoms with van der Waals surface area (Å²) in [5.41, 5.74) is 5.18. The molecule has 0 spiro atoms. The molecule has 1 atom stereocenters. The summed E-state index contributed by atoms with van der Waals surface area (Å²) in [7, 11) is 0. The van der Waals surface area contributed by atoms with E-state index in [0.29, 0.717) is 5.02 Å². The largest absolute Gasteiger partial charge is 0.480 e. The zero-order valence-corrected chi connectivity index (χ0v) is 8.58. The van der Waals surface area contributed by atoms with Crippen molar-refractivity contribution >= 4 is 17.6 Å². The Kier molecular flexibility index (Phi) is 3.13. The Labute approximate surface area is 87.5 Å². The van der Waals surface area contributed by atoms with Crippen LogP contribution in [0.2, 0.25) is 5.02 Å². The highest BCUT2D eigenvalue weighted by Gasteiger charge is 2.27. The molecule has 0 heterocycles. The van der Waals surface area contributed by atoms with Crippen molar-refractivity contribution in [3.8, 4) is 0 Å². The number of carbonyl (C=O) groups is 1. The Balaban J connectivity index is 2.83. The molecule has 76 valence electrons. The summed E-state index contributed by atoms with van der Waals surface area (Å²) in [4.78, 5) is 10.8. The molecule has 0 fully saturated rings. The highest BCUT2D eigenvalue weighted by molar-refractivity contribution is 6.30. The minimum absolute atomic E-state index is 0.267. The lowest BCUT2D eigenvalue weighted by atomic mass is 9.94. The van der Waals surface area contributed by atoms with Gasteiger partial charge in [-0.25, -0.2) is 0 Å². The highest BCUT2D eigenvalue weighted by atomic mass is 35.5. The fraction of sp³-hybridized carbons (Fsp3) is 0.300. The van der Waals surface area contributed by atoms with Gasteiger partial charge < -0.3 is 10.8 Å². The van der Waals surface area contributed by atoms with Crippen molar-refractivity contribution in [2.24, 2.45) is 5.73 Å². The van der Waals surface area contributed by atoms with E-state index in [1.54, 1.807) is 24.3 Å². The predicted molar refractivity (Wildman–Crippen MR) is 55.4 cm³/mol. The van der Waals surface area contributed by atoms with Crippen LogP contribution in [-0.4, -0.2) is 16.6 Å². The molecule has 0 aliphatic rings. The zero-order chi connectivity index (χ0) is 10.8. The van der Waals surface area contributed by atoms with E-state index in [1.165, 1.54) is 6.92 Å². The summed E-state index contributed by atoms with van der Waals surface area (Å²) < 4.78 is 0. The Morgan fingerprint density at radius 1 is 1.64 bits per heavy atom. The molecule has 1 aromatic rings. The highest BCUT2D eigenvalue weighted by Crippen LogP contribution is 2.15. The molecule has 0 aliphatic carbocycles. The van der Waals surface area contributed by atoms with Gasteiger partial charge in [0.15, 0.2) is 0 Å². The maximum absolute atomic E-state index is 10.8. The van der Waals surface area contributed by atoms with Crippen molar-refractivity contribution in [1.82, 2.24) is 0 Å². The topological polar surface area (TPSA) is 63.3 Å². The maximum Gasteiger partial charge on any atom is 0.323 e. The fourth-order valence-electron chi connectivity index (χ4n) is 1.15. The third-order valence-electron chi connectivity index (χ3n) is 1.95. The first kappa shape index (κ1) is 11.0. The van der Waals surface area contributed by atoms with Gasteiger partial charge in [0.2, 0.25) is 0 Å². The summed E-state index contributed by atoms with van der Waals surface area (Å²) in [5.74, 6) is -1.02. The van der Waals surface area contributed by atoms with Gasteiger partial charge in [0.1, 0.15) is 5.54 Å². The van der Waals surface area contributed by atoms with Crippen LogP contribution in [-0.2, 0) is 11.2 Å². The van der Waals surface area contributed by atoms with E-state index in [0.717, 1.165) is 5.56 Å². The average Bonchev–Trinajstić information content (AvgIpc) is 2.02. The molecule has 0 saturated heterocycles. The summed E-state index contributed by atoms with van der Waals surface area (Å²) >= 11 is 5.77. The van der Waals surface area contributed by atoms with Crippen LogP contribution in [0.4, 0.5) is 0 Å². The number of rotatable bonds is 3. The van der Waals surface area contributed by atoms with Gasteiger partial charge in [0.25, 0.3) is 0 Å². The number of hydrogen-bond donors (Lipinski definition) is 2. The molecule has 0 radical (unpaired) electrons. The van der Waals surface area contributed by atoms with Crippen molar-refractivity contribution in [2.45, 2.75) is 18.9 Å². The molecule has 0 aliphatic heterocycles. The second-order valence-electron chi connectivity index (χ2n) is 3.53. The number of carboxylic acids is 1. The van der Waals surface area contributed by atoms with Gasteiger partial charge in [0, 0.05) is 11.4 Å². The molecule has 0 amide bonds. The molecule has 0 aromatic heterocycles. The summed E-state index contributed by atoms with van der Waals surface area (Å²) in [6.45, 7) is 1.48. The van der Waals surface area contributed by atoms with Crippen LogP contribution in [0.5, 0.6) is 0 Å². The first-order chi connectivity index (χ1) is 6.42. The van der Waals surface area contributed by atoms with Crippen molar-refractivity contribution in [3.05, 3.63) is 34.9 Å². The lowest BCUT2D eigenvalue weighted by Crippen LogP contribution is -2.46. The van der Waals surface area contributed by atoms with Gasteiger partial charge >= 0.3 is 5.97 Å². The molecular weight excluding hydrogens is 202 g/mol. The molecule has 1 aromatic carbocycles. The van der Waals surface area contributed by atoms with Crippen LogP contribution in [0.1, 0.15) is 12.5 Å². The lowest BCUT2D eigenvalue weighted by Gasteiger charge is -2.18. The van der Waals surface area contributed by atoms with Crippen molar-refractivity contribution in [3.63, 3.8) is 0 Å². The third-order valence-corrected chi connectivity index (χ3v) is 2.18. The van der Waals surface area contributed by atoms with Crippen LogP contribution in [0.25, 0.3) is 0 Å². The van der Waals surface area contributed by atoms with Crippen LogP contribution < -0.4 is 5.73 Å². The van der Waals surface area contributed by atoms with E-state index >= 15 is 0 Å². The normalized spacial score (nSPS) is 14.8. The van der Waals surface area contributed by atoms with E-state index in [2.05, 4.69) is 0 Å². The zero-order valence-electron chi connectivity index (χ0n) is 7.83. The fourth-order valence-corrected chi connectivity index (χ4v) is 1.36. The van der Waals surface area contributed by atoms with E-state index in [4.69, 9.17) is 22.4 Å². The Morgan fingerprint density at radius 3 is 2.79 bits per heavy atom. The van der Waals surface area contributed by atoms with Gasteiger partial charge in [-0.3, -0.25) is 4.79 Å². The molecule has 0 bridgehead atoms. The summed E-state index contributed by atoms with van der Waals surface area (Å²) in [6.07, 6.45) is 0.267. The van der Waals surface area contributed by atoms with Crippen LogP contribution >= 0.6 is 11.6 Å². The summed E-state index contributed by atoms with van der Waals surface area (Å²) in [5, 5.41) is 9.40. The SMILES string of the molecule is C[C@@](N)(Cc1cccc(Cl)c1)C(=O)O. The van der Waals surface area contributed by atoms with E-state index < -0.39 is 11.5 Å². The monoisotopic (exact) mass is 213 g/mol. The number of carboxylic acid groups (broad SMARTS) is 1. The van der Waals surface area contributed by atoms with Crippen LogP contribution in [0.3, 0.4) is 0 Å². The molecule has 14 heavy (non-hydrogen) atoms. The average molecular weight is 214 g/mol. The second kappa shape index (κ2) is 3.98. The molecular formula is C10H12ClNO2. The second-order valence-corrected chi connectivity index (χ2v) is 3.97. The number of hydrogen-bond acceptors (Lipinski definition) is 2. The van der Waals surface area contributed by atoms with Gasteiger partial charge in [-0.2, -0.15) is 0 Å². The van der Waals surface area contributed by atoms with E-state index in [1.807, 2.05) is 0 Å². The maximum atomic E-state index is 10.8. The molecule has 0 unspecified atom stereocenters. The Morgan fingerprint density at radius 2 is 2.29 bits per heavy atom. The molecule has 3 N–H and O–H groups in total. The van der Waals surface area contributed by atoms with E-state index in [9.17, 15) is 4.79 Å². The number of aliphatic carboxylic acids is 1. The van der Waals surface area contributed by atoms with Gasteiger partial charge in [0.05, 0.1) is 0 Å². The smallest absolute Gasteiger partial charge is 0.323 e. The van der Waals surface area contributed by atoms with Crippen molar-refractivity contribution in [2.75, 3.05) is 0 Å². The third kappa shape index (κ3) is 2.72. The minimum atomic E-state index is -1.25. The number of benzene rings is 1. The van der Waals surface area contributed by atoms with Crippen molar-refractivity contribution in [1.29, 1.82) is 0 Å². The number of nitrogens with two attached hydrogens (primary N) is 1. The molecule has 3 nitrogen and oxygen atoms in total. The lowest BCUT2D eigenvalue weighted by molar-refractivity contribution is -0.142. The minimum Gasteiger partial charge on any atom is -0.480 e. The molecule has 1 rings (SSSR count). The first-order valence-electron chi connectivity index (χ1n) is 4.18. The Hall–Kier alpha value is -1.06. The van der Waals surface area contributed by atoms with E-state index in [-0.39, 0.29) is 6.42 Å². The van der Waals surface area contributed by atoms with Gasteiger partial charge in [-0.1, -0.05) is 23.7 Å². The number of halogens is 1.